The molecule has 0 radical (unpaired) electrons. The fourth-order valence-electron chi connectivity index (χ4n) is 4.98. The number of benzene rings is 3. The molecule has 11 heteroatoms. The van der Waals surface area contributed by atoms with Gasteiger partial charge in [-0.15, -0.1) is 0 Å². The Balaban J connectivity index is 1.74. The van der Waals surface area contributed by atoms with Crippen LogP contribution in [0.1, 0.15) is 50.0 Å². The van der Waals surface area contributed by atoms with Gasteiger partial charge in [0.2, 0.25) is 6.79 Å². The molecule has 1 aliphatic rings. The van der Waals surface area contributed by atoms with Crippen LogP contribution in [0, 0.1) is 0 Å². The first kappa shape index (κ1) is 27.3. The van der Waals surface area contributed by atoms with Gasteiger partial charge < -0.3 is 34.1 Å². The molecule has 3 aromatic carbocycles. The van der Waals surface area contributed by atoms with Crippen molar-refractivity contribution in [2.45, 2.75) is 26.3 Å². The van der Waals surface area contributed by atoms with Crippen molar-refractivity contribution in [3.8, 4) is 17.2 Å². The number of aryl methyl sites for hydroxylation is 1. The maximum absolute atomic E-state index is 13.8. The van der Waals surface area contributed by atoms with Gasteiger partial charge in [0.05, 0.1) is 11.1 Å². The van der Waals surface area contributed by atoms with E-state index >= 15 is 0 Å². The average molecular weight is 560 g/mol. The third kappa shape index (κ3) is 5.42. The second kappa shape index (κ2) is 11.0. The van der Waals surface area contributed by atoms with Crippen LogP contribution in [-0.2, 0) is 24.2 Å². The van der Waals surface area contributed by atoms with Gasteiger partial charge in [-0.2, -0.15) is 0 Å². The zero-order valence-electron chi connectivity index (χ0n) is 21.9. The van der Waals surface area contributed by atoms with E-state index in [2.05, 4.69) is 0 Å². The number of carboxylic acids is 3. The SMILES string of the molecule is CCc1cc2c(cc1Cn1c(C(=O)O)c(Cc3cccc(C(=O)O)c3)c(=O)c3cc(OCC(=O)O)ccc31)OCO2. The second-order valence-electron chi connectivity index (χ2n) is 9.42. The van der Waals surface area contributed by atoms with E-state index in [9.17, 15) is 29.4 Å². The zero-order chi connectivity index (χ0) is 29.3. The van der Waals surface area contributed by atoms with Gasteiger partial charge in [-0.25, -0.2) is 14.4 Å². The molecule has 0 unspecified atom stereocenters. The van der Waals surface area contributed by atoms with Crippen LogP contribution in [0.3, 0.4) is 0 Å². The maximum atomic E-state index is 13.8. The van der Waals surface area contributed by atoms with E-state index < -0.39 is 29.9 Å². The number of hydrogen-bond acceptors (Lipinski definition) is 7. The van der Waals surface area contributed by atoms with Crippen LogP contribution in [0.4, 0.5) is 0 Å². The van der Waals surface area contributed by atoms with Crippen molar-refractivity contribution in [2.24, 2.45) is 0 Å². The molecule has 2 heterocycles. The summed E-state index contributed by atoms with van der Waals surface area (Å²) in [7, 11) is 0. The van der Waals surface area contributed by atoms with Gasteiger partial charge in [-0.1, -0.05) is 19.1 Å². The van der Waals surface area contributed by atoms with E-state index in [-0.39, 0.29) is 47.7 Å². The monoisotopic (exact) mass is 559 g/mol. The van der Waals surface area contributed by atoms with Crippen molar-refractivity contribution in [1.29, 1.82) is 0 Å². The van der Waals surface area contributed by atoms with Gasteiger partial charge in [0.25, 0.3) is 0 Å². The molecule has 1 aromatic heterocycles. The highest BCUT2D eigenvalue weighted by atomic mass is 16.7. The number of nitrogens with zero attached hydrogens (tertiary/aromatic N) is 1. The lowest BCUT2D eigenvalue weighted by Gasteiger charge is -2.20. The van der Waals surface area contributed by atoms with Crippen LogP contribution >= 0.6 is 0 Å². The molecule has 0 saturated heterocycles. The van der Waals surface area contributed by atoms with Gasteiger partial charge in [0, 0.05) is 23.9 Å². The first-order valence-corrected chi connectivity index (χ1v) is 12.7. The molecule has 0 saturated carbocycles. The summed E-state index contributed by atoms with van der Waals surface area (Å²) in [4.78, 5) is 49.2. The molecule has 0 bridgehead atoms. The minimum atomic E-state index is -1.33. The summed E-state index contributed by atoms with van der Waals surface area (Å²) in [5.41, 5.74) is 1.51. The zero-order valence-corrected chi connectivity index (χ0v) is 21.9. The maximum Gasteiger partial charge on any atom is 0.352 e. The Labute approximate surface area is 232 Å². The number of ether oxygens (including phenoxy) is 3. The number of aromatic nitrogens is 1. The van der Waals surface area contributed by atoms with Gasteiger partial charge in [-0.05, 0) is 65.6 Å². The molecule has 5 rings (SSSR count). The first-order valence-electron chi connectivity index (χ1n) is 12.7. The topological polar surface area (TPSA) is 162 Å². The fourth-order valence-corrected chi connectivity index (χ4v) is 4.98. The van der Waals surface area contributed by atoms with Gasteiger partial charge >= 0.3 is 17.9 Å². The normalized spacial score (nSPS) is 11.9. The number of fused-ring (bicyclic) bond motifs is 2. The van der Waals surface area contributed by atoms with Crippen molar-refractivity contribution >= 4 is 28.8 Å². The number of aliphatic carboxylic acids is 1. The number of carbonyl (C=O) groups is 3. The Morgan fingerprint density at radius 1 is 0.927 bits per heavy atom. The minimum absolute atomic E-state index is 0.00204. The summed E-state index contributed by atoms with van der Waals surface area (Å²) in [5.74, 6) is -2.45. The largest absolute Gasteiger partial charge is 0.482 e. The highest BCUT2D eigenvalue weighted by Gasteiger charge is 2.25. The molecular weight excluding hydrogens is 534 g/mol. The number of aromatic carboxylic acids is 2. The number of hydrogen-bond donors (Lipinski definition) is 3. The minimum Gasteiger partial charge on any atom is -0.482 e. The predicted octanol–water partition coefficient (Wildman–Crippen LogP) is 3.79. The Morgan fingerprint density at radius 2 is 1.66 bits per heavy atom. The summed E-state index contributed by atoms with van der Waals surface area (Å²) in [6.45, 7) is 1.46. The van der Waals surface area contributed by atoms with E-state index in [1.54, 1.807) is 12.1 Å². The van der Waals surface area contributed by atoms with Crippen LogP contribution in [-0.4, -0.2) is 51.2 Å². The van der Waals surface area contributed by atoms with Gasteiger partial charge in [0.15, 0.2) is 23.5 Å². The first-order chi connectivity index (χ1) is 19.7. The molecule has 11 nitrogen and oxygen atoms in total. The quantitative estimate of drug-likeness (QED) is 0.261. The van der Waals surface area contributed by atoms with Crippen molar-refractivity contribution in [3.63, 3.8) is 0 Å². The predicted molar refractivity (Wildman–Crippen MR) is 146 cm³/mol. The van der Waals surface area contributed by atoms with Crippen LogP contribution < -0.4 is 19.6 Å². The fraction of sp³-hybridized carbons (Fsp3) is 0.200. The summed E-state index contributed by atoms with van der Waals surface area (Å²) >= 11 is 0. The van der Waals surface area contributed by atoms with E-state index in [1.807, 2.05) is 13.0 Å². The lowest BCUT2D eigenvalue weighted by molar-refractivity contribution is -0.139. The van der Waals surface area contributed by atoms with Crippen LogP contribution in [0.15, 0.2) is 59.4 Å². The molecule has 0 aliphatic carbocycles. The molecule has 210 valence electrons. The van der Waals surface area contributed by atoms with E-state index in [0.717, 1.165) is 11.1 Å². The summed E-state index contributed by atoms with van der Waals surface area (Å²) in [6, 6.07) is 14.0. The summed E-state index contributed by atoms with van der Waals surface area (Å²) < 4.78 is 17.9. The third-order valence-corrected chi connectivity index (χ3v) is 6.86. The molecule has 0 fully saturated rings. The molecule has 1 aliphatic heterocycles. The van der Waals surface area contributed by atoms with Crippen molar-refractivity contribution in [3.05, 3.63) is 98.3 Å². The Bertz CT molecular complexity index is 1770. The number of rotatable bonds is 10. The third-order valence-electron chi connectivity index (χ3n) is 6.86. The highest BCUT2D eigenvalue weighted by Crippen LogP contribution is 2.36. The summed E-state index contributed by atoms with van der Waals surface area (Å²) in [6.07, 6.45) is 0.466. The number of pyridine rings is 1. The van der Waals surface area contributed by atoms with Crippen molar-refractivity contribution in [1.82, 2.24) is 4.57 Å². The molecule has 0 spiro atoms. The lowest BCUT2D eigenvalue weighted by Crippen LogP contribution is -2.25. The standard InChI is InChI=1S/C30H25NO10/c1-2-17-10-24-25(41-15-40-24)11-19(17)13-31-23-7-6-20(39-14-26(32)33)12-21(23)28(34)22(27(31)30(37)38)9-16-4-3-5-18(8-16)29(35)36/h3-8,10-12H,2,9,13-15H2,1H3,(H,32,33)(H,35,36)(H,37,38). The Kier molecular flexibility index (Phi) is 7.34. The van der Waals surface area contributed by atoms with Crippen LogP contribution in [0.25, 0.3) is 10.9 Å². The molecule has 3 N–H and O–H groups in total. The molecule has 4 aromatic rings. The Hall–Kier alpha value is -5.32. The van der Waals surface area contributed by atoms with E-state index in [4.69, 9.17) is 19.3 Å². The van der Waals surface area contributed by atoms with Crippen molar-refractivity contribution in [2.75, 3.05) is 13.4 Å². The molecular formula is C30H25NO10. The van der Waals surface area contributed by atoms with Gasteiger partial charge in [0.1, 0.15) is 11.4 Å². The number of carboxylic acid groups (broad SMARTS) is 3. The molecule has 0 atom stereocenters. The smallest absolute Gasteiger partial charge is 0.352 e. The van der Waals surface area contributed by atoms with E-state index in [1.165, 1.54) is 41.0 Å². The van der Waals surface area contributed by atoms with Gasteiger partial charge in [-0.3, -0.25) is 4.79 Å². The molecule has 41 heavy (non-hydrogen) atoms. The van der Waals surface area contributed by atoms with Crippen molar-refractivity contribution < 1.29 is 43.9 Å². The average Bonchev–Trinajstić information content (AvgIpc) is 3.41. The van der Waals surface area contributed by atoms with Crippen LogP contribution in [0.2, 0.25) is 0 Å². The Morgan fingerprint density at radius 3 is 2.32 bits per heavy atom. The summed E-state index contributed by atoms with van der Waals surface area (Å²) in [5, 5.41) is 29.0. The van der Waals surface area contributed by atoms with Crippen LogP contribution in [0.5, 0.6) is 17.2 Å². The highest BCUT2D eigenvalue weighted by molar-refractivity contribution is 5.93. The van der Waals surface area contributed by atoms with E-state index in [0.29, 0.717) is 29.0 Å². The second-order valence-corrected chi connectivity index (χ2v) is 9.42. The lowest BCUT2D eigenvalue weighted by atomic mass is 9.97. The molecule has 0 amide bonds.